The van der Waals surface area contributed by atoms with Gasteiger partial charge in [0.15, 0.2) is 5.69 Å². The number of nitrogens with zero attached hydrogens (tertiary/aromatic N) is 5. The van der Waals surface area contributed by atoms with Crippen LogP contribution in [0.3, 0.4) is 0 Å². The first-order valence-electron chi connectivity index (χ1n) is 11.9. The molecule has 3 aromatic heterocycles. The summed E-state index contributed by atoms with van der Waals surface area (Å²) in [6.45, 7) is 2.52. The van der Waals surface area contributed by atoms with Crippen LogP contribution in [0.1, 0.15) is 51.6 Å². The molecule has 0 saturated carbocycles. The van der Waals surface area contributed by atoms with E-state index in [4.69, 9.17) is 4.74 Å². The Labute approximate surface area is 223 Å². The molecule has 4 rings (SSSR count). The number of carbonyl (C=O) groups is 1. The summed E-state index contributed by atoms with van der Waals surface area (Å²) in [6, 6.07) is 3.14. The van der Waals surface area contributed by atoms with Crippen molar-refractivity contribution in [2.24, 2.45) is 0 Å². The fraction of sp³-hybridized carbons (Fsp3) is 0.458. The fourth-order valence-corrected chi connectivity index (χ4v) is 4.95. The van der Waals surface area contributed by atoms with Crippen molar-refractivity contribution in [1.29, 1.82) is 0 Å². The van der Waals surface area contributed by atoms with Crippen LogP contribution in [0.25, 0.3) is 0 Å². The number of nitrogens with one attached hydrogen (secondary N) is 1. The first kappa shape index (κ1) is 28.7. The van der Waals surface area contributed by atoms with Gasteiger partial charge in [0.05, 0.1) is 41.5 Å². The number of pyridine rings is 1. The Kier molecular flexibility index (Phi) is 8.69. The number of piperidine rings is 1. The second-order valence-electron chi connectivity index (χ2n) is 9.02. The van der Waals surface area contributed by atoms with Gasteiger partial charge in [-0.05, 0) is 43.9 Å². The Balaban J connectivity index is 1.35. The van der Waals surface area contributed by atoms with Gasteiger partial charge in [0, 0.05) is 36.7 Å². The van der Waals surface area contributed by atoms with Gasteiger partial charge in [-0.1, -0.05) is 0 Å². The molecule has 1 aliphatic rings. The van der Waals surface area contributed by atoms with Gasteiger partial charge in [0.2, 0.25) is 5.88 Å². The molecule has 1 fully saturated rings. The number of anilines is 1. The molecule has 0 spiro atoms. The summed E-state index contributed by atoms with van der Waals surface area (Å²) in [5.74, 6) is -0.190. The molecular weight excluding hydrogens is 550 g/mol. The average molecular weight is 575 g/mol. The molecule has 0 radical (unpaired) electrons. The number of hydrogen-bond acceptors (Lipinski definition) is 8. The third-order valence-corrected chi connectivity index (χ3v) is 6.89. The topological polar surface area (TPSA) is 93.1 Å². The number of likely N-dealkylation sites (tertiary alicyclic amines) is 1. The maximum atomic E-state index is 13.0. The molecule has 0 aromatic carbocycles. The average Bonchev–Trinajstić information content (AvgIpc) is 3.23. The van der Waals surface area contributed by atoms with E-state index in [1.165, 1.54) is 6.20 Å². The Bertz CT molecular complexity index is 1260. The maximum absolute atomic E-state index is 13.0. The Morgan fingerprint density at radius 3 is 2.56 bits per heavy atom. The largest absolute Gasteiger partial charge is 0.473 e. The summed E-state index contributed by atoms with van der Waals surface area (Å²) < 4.78 is 85.8. The maximum Gasteiger partial charge on any atom is 0.434 e. The Morgan fingerprint density at radius 2 is 1.92 bits per heavy atom. The van der Waals surface area contributed by atoms with Crippen LogP contribution in [0.5, 0.6) is 5.88 Å². The molecule has 1 amide bonds. The van der Waals surface area contributed by atoms with E-state index in [1.54, 1.807) is 24.0 Å². The number of amides is 1. The smallest absolute Gasteiger partial charge is 0.434 e. The lowest BCUT2D eigenvalue weighted by molar-refractivity contribution is -0.141. The minimum absolute atomic E-state index is 0.0752. The van der Waals surface area contributed by atoms with E-state index in [9.17, 15) is 31.1 Å². The number of alkyl halides is 6. The molecule has 15 heteroatoms. The molecule has 1 saturated heterocycles. The van der Waals surface area contributed by atoms with Crippen molar-refractivity contribution in [2.45, 2.75) is 51.1 Å². The lowest BCUT2D eigenvalue weighted by Gasteiger charge is -2.32. The molecule has 4 heterocycles. The molecule has 0 aliphatic carbocycles. The molecule has 1 N–H and O–H groups in total. The standard InChI is InChI=1S/C24H24F6N6O2S/c1-14-21(18(39-35-14)9-16-11-32-19(12-31-16)24(28,29)30)22(37)34-15-4-5-20(33-10-15)38-17-3-2-7-36(13-17)8-6-23(25,26)27/h4-5,10-12,17H,2-3,6-9,13H2,1H3,(H,34,37). The van der Waals surface area contributed by atoms with E-state index in [1.807, 2.05) is 0 Å². The zero-order valence-electron chi connectivity index (χ0n) is 20.6. The number of aromatic nitrogens is 4. The van der Waals surface area contributed by atoms with Crippen molar-refractivity contribution in [3.8, 4) is 5.88 Å². The van der Waals surface area contributed by atoms with Gasteiger partial charge >= 0.3 is 12.4 Å². The lowest BCUT2D eigenvalue weighted by atomic mass is 10.1. The van der Waals surface area contributed by atoms with Crippen LogP contribution in [-0.2, 0) is 12.6 Å². The first-order chi connectivity index (χ1) is 18.4. The summed E-state index contributed by atoms with van der Waals surface area (Å²) in [6.07, 6.45) is -5.43. The van der Waals surface area contributed by atoms with E-state index < -0.39 is 30.4 Å². The Morgan fingerprint density at radius 1 is 1.13 bits per heavy atom. The number of carbonyl (C=O) groups excluding carboxylic acids is 1. The fourth-order valence-electron chi connectivity index (χ4n) is 4.07. The van der Waals surface area contributed by atoms with Crippen LogP contribution in [0.2, 0.25) is 0 Å². The molecule has 1 aliphatic heterocycles. The monoisotopic (exact) mass is 574 g/mol. The zero-order chi connectivity index (χ0) is 28.2. The molecule has 1 atom stereocenters. The third-order valence-electron chi connectivity index (χ3n) is 5.95. The van der Waals surface area contributed by atoms with Crippen LogP contribution in [0.15, 0.2) is 30.7 Å². The highest BCUT2D eigenvalue weighted by Crippen LogP contribution is 2.28. The van der Waals surface area contributed by atoms with E-state index >= 15 is 0 Å². The third kappa shape index (κ3) is 8.08. The molecular formula is C24H24F6N6O2S. The normalized spacial score (nSPS) is 16.7. The van der Waals surface area contributed by atoms with Crippen molar-refractivity contribution < 1.29 is 35.9 Å². The first-order valence-corrected chi connectivity index (χ1v) is 12.7. The van der Waals surface area contributed by atoms with Gasteiger partial charge in [0.1, 0.15) is 6.10 Å². The lowest BCUT2D eigenvalue weighted by Crippen LogP contribution is -2.42. The molecule has 0 bridgehead atoms. The number of ether oxygens (including phenoxy) is 1. The number of aryl methyl sites for hydroxylation is 1. The SMILES string of the molecule is Cc1nsc(Cc2cnc(C(F)(F)F)cn2)c1C(=O)Nc1ccc(OC2CCCN(CCC(F)(F)F)C2)nc1. The second kappa shape index (κ2) is 11.8. The summed E-state index contributed by atoms with van der Waals surface area (Å²) in [5.41, 5.74) is 0.250. The number of rotatable bonds is 8. The van der Waals surface area contributed by atoms with E-state index in [-0.39, 0.29) is 36.2 Å². The van der Waals surface area contributed by atoms with Crippen LogP contribution in [0.4, 0.5) is 32.0 Å². The summed E-state index contributed by atoms with van der Waals surface area (Å²) in [7, 11) is 0. The molecule has 8 nitrogen and oxygen atoms in total. The minimum Gasteiger partial charge on any atom is -0.473 e. The molecule has 210 valence electrons. The highest BCUT2D eigenvalue weighted by Gasteiger charge is 2.33. The van der Waals surface area contributed by atoms with Crippen LogP contribution in [0, 0.1) is 6.92 Å². The predicted octanol–water partition coefficient (Wildman–Crippen LogP) is 5.29. The Hall–Kier alpha value is -3.33. The van der Waals surface area contributed by atoms with Crippen LogP contribution < -0.4 is 10.1 Å². The van der Waals surface area contributed by atoms with Gasteiger partial charge in [-0.3, -0.25) is 14.7 Å². The van der Waals surface area contributed by atoms with Crippen molar-refractivity contribution in [1.82, 2.24) is 24.2 Å². The van der Waals surface area contributed by atoms with E-state index in [0.717, 1.165) is 17.7 Å². The summed E-state index contributed by atoms with van der Waals surface area (Å²) in [4.78, 5) is 26.6. The van der Waals surface area contributed by atoms with Gasteiger partial charge in [-0.25, -0.2) is 9.97 Å². The number of hydrogen-bond donors (Lipinski definition) is 1. The predicted molar refractivity (Wildman–Crippen MR) is 130 cm³/mol. The van der Waals surface area contributed by atoms with Gasteiger partial charge in [0.25, 0.3) is 5.91 Å². The van der Waals surface area contributed by atoms with Crippen LogP contribution >= 0.6 is 11.5 Å². The van der Waals surface area contributed by atoms with Gasteiger partial charge in [-0.15, -0.1) is 0 Å². The second-order valence-corrected chi connectivity index (χ2v) is 9.88. The summed E-state index contributed by atoms with van der Waals surface area (Å²) >= 11 is 1.04. The van der Waals surface area contributed by atoms with Crippen molar-refractivity contribution in [3.63, 3.8) is 0 Å². The van der Waals surface area contributed by atoms with Crippen molar-refractivity contribution >= 4 is 23.1 Å². The minimum atomic E-state index is -4.60. The molecule has 1 unspecified atom stereocenters. The highest BCUT2D eigenvalue weighted by atomic mass is 32.1. The summed E-state index contributed by atoms with van der Waals surface area (Å²) in [5, 5.41) is 2.72. The van der Waals surface area contributed by atoms with Crippen LogP contribution in [-0.4, -0.2) is 62.0 Å². The van der Waals surface area contributed by atoms with E-state index in [2.05, 4.69) is 24.6 Å². The van der Waals surface area contributed by atoms with Gasteiger partial charge in [-0.2, -0.15) is 30.7 Å². The highest BCUT2D eigenvalue weighted by molar-refractivity contribution is 7.06. The quantitative estimate of drug-likeness (QED) is 0.366. The van der Waals surface area contributed by atoms with Gasteiger partial charge < -0.3 is 10.1 Å². The molecule has 39 heavy (non-hydrogen) atoms. The zero-order valence-corrected chi connectivity index (χ0v) is 21.5. The molecule has 3 aromatic rings. The van der Waals surface area contributed by atoms with Crippen molar-refractivity contribution in [2.75, 3.05) is 25.0 Å². The van der Waals surface area contributed by atoms with E-state index in [0.29, 0.717) is 48.4 Å². The van der Waals surface area contributed by atoms with Crippen molar-refractivity contribution in [3.05, 3.63) is 58.2 Å². The number of halogens is 6.